The first kappa shape index (κ1) is 20.5. The number of phenolic OH excluding ortho intramolecular Hbond substituents is 2. The summed E-state index contributed by atoms with van der Waals surface area (Å²) in [5.41, 5.74) is 0.341. The van der Waals surface area contributed by atoms with Crippen LogP contribution in [0.3, 0.4) is 0 Å². The summed E-state index contributed by atoms with van der Waals surface area (Å²) in [6.07, 6.45) is 4.11. The second-order valence-electron chi connectivity index (χ2n) is 6.59. The van der Waals surface area contributed by atoms with Gasteiger partial charge in [0.25, 0.3) is 0 Å². The summed E-state index contributed by atoms with van der Waals surface area (Å²) in [6, 6.07) is 10.1. The molecule has 0 amide bonds. The summed E-state index contributed by atoms with van der Waals surface area (Å²) in [4.78, 5) is 25.3. The highest BCUT2D eigenvalue weighted by molar-refractivity contribution is 6.15. The first-order valence-electron chi connectivity index (χ1n) is 9.30. The van der Waals surface area contributed by atoms with E-state index in [0.717, 1.165) is 31.7 Å². The Hall–Kier alpha value is -2.82. The van der Waals surface area contributed by atoms with Crippen molar-refractivity contribution in [3.63, 3.8) is 0 Å². The molecule has 5 nitrogen and oxygen atoms in total. The zero-order valence-corrected chi connectivity index (χ0v) is 15.8. The minimum absolute atomic E-state index is 0.0161. The van der Waals surface area contributed by atoms with Crippen molar-refractivity contribution in [3.05, 3.63) is 59.2 Å². The van der Waals surface area contributed by atoms with Crippen LogP contribution >= 0.6 is 0 Å². The lowest BCUT2D eigenvalue weighted by molar-refractivity contribution is 0.0425. The topological polar surface area (TPSA) is 83.8 Å². The number of ketones is 1. The van der Waals surface area contributed by atoms with Crippen LogP contribution in [0.2, 0.25) is 0 Å². The normalized spacial score (nSPS) is 11.8. The van der Waals surface area contributed by atoms with Crippen molar-refractivity contribution >= 4 is 11.8 Å². The summed E-state index contributed by atoms with van der Waals surface area (Å²) < 4.78 is 5.46. The average molecular weight is 370 g/mol. The number of hydrogen-bond donors (Lipinski definition) is 2. The second kappa shape index (κ2) is 9.76. The zero-order valence-electron chi connectivity index (χ0n) is 15.8. The van der Waals surface area contributed by atoms with Gasteiger partial charge in [0.2, 0.25) is 0 Å². The molecule has 0 aliphatic carbocycles. The van der Waals surface area contributed by atoms with Crippen LogP contribution in [0, 0.1) is 5.92 Å². The molecule has 0 aromatic heterocycles. The summed E-state index contributed by atoms with van der Waals surface area (Å²) >= 11 is 0. The number of ether oxygens (including phenoxy) is 1. The molecule has 0 saturated carbocycles. The lowest BCUT2D eigenvalue weighted by atomic mass is 9.97. The molecule has 2 aromatic carbocycles. The summed E-state index contributed by atoms with van der Waals surface area (Å²) in [5.74, 6) is -1.23. The SMILES string of the molecule is CCCCC(CC)COC(=O)c1ccccc1C(=O)c1ccc(O)cc1O. The fraction of sp³-hybridized carbons (Fsp3) is 0.364. The summed E-state index contributed by atoms with van der Waals surface area (Å²) in [7, 11) is 0. The fourth-order valence-corrected chi connectivity index (χ4v) is 2.89. The van der Waals surface area contributed by atoms with Gasteiger partial charge in [-0.1, -0.05) is 51.3 Å². The number of esters is 1. The van der Waals surface area contributed by atoms with E-state index < -0.39 is 11.8 Å². The van der Waals surface area contributed by atoms with Crippen molar-refractivity contribution in [1.82, 2.24) is 0 Å². The van der Waals surface area contributed by atoms with Crippen LogP contribution in [0.1, 0.15) is 65.8 Å². The molecule has 0 aliphatic heterocycles. The predicted molar refractivity (Wildman–Crippen MR) is 103 cm³/mol. The predicted octanol–water partition coefficient (Wildman–Crippen LogP) is 4.70. The summed E-state index contributed by atoms with van der Waals surface area (Å²) in [6.45, 7) is 4.51. The van der Waals surface area contributed by atoms with Gasteiger partial charge in [0.1, 0.15) is 11.5 Å². The molecule has 0 saturated heterocycles. The number of benzene rings is 2. The Labute approximate surface area is 159 Å². The van der Waals surface area contributed by atoms with Crippen LogP contribution in [0.5, 0.6) is 11.5 Å². The molecule has 0 fully saturated rings. The van der Waals surface area contributed by atoms with E-state index in [-0.39, 0.29) is 28.2 Å². The largest absolute Gasteiger partial charge is 0.508 e. The quantitative estimate of drug-likeness (QED) is 0.494. The third kappa shape index (κ3) is 5.33. The van der Waals surface area contributed by atoms with Crippen LogP contribution < -0.4 is 0 Å². The molecule has 27 heavy (non-hydrogen) atoms. The van der Waals surface area contributed by atoms with E-state index in [1.165, 1.54) is 18.2 Å². The van der Waals surface area contributed by atoms with E-state index in [1.54, 1.807) is 18.2 Å². The molecule has 144 valence electrons. The lowest BCUT2D eigenvalue weighted by Crippen LogP contribution is -2.17. The number of hydrogen-bond acceptors (Lipinski definition) is 5. The van der Waals surface area contributed by atoms with Gasteiger partial charge in [-0.2, -0.15) is 0 Å². The Morgan fingerprint density at radius 2 is 1.70 bits per heavy atom. The van der Waals surface area contributed by atoms with Gasteiger partial charge in [-0.3, -0.25) is 4.79 Å². The van der Waals surface area contributed by atoms with Gasteiger partial charge in [-0.15, -0.1) is 0 Å². The van der Waals surface area contributed by atoms with E-state index in [1.807, 2.05) is 0 Å². The fourth-order valence-electron chi connectivity index (χ4n) is 2.89. The van der Waals surface area contributed by atoms with Gasteiger partial charge < -0.3 is 14.9 Å². The maximum Gasteiger partial charge on any atom is 0.338 e. The number of carbonyl (C=O) groups is 2. The van der Waals surface area contributed by atoms with Crippen molar-refractivity contribution in [1.29, 1.82) is 0 Å². The van der Waals surface area contributed by atoms with Crippen LogP contribution in [0.4, 0.5) is 0 Å². The lowest BCUT2D eigenvalue weighted by Gasteiger charge is -2.15. The van der Waals surface area contributed by atoms with Crippen LogP contribution in [0.25, 0.3) is 0 Å². The van der Waals surface area contributed by atoms with Crippen LogP contribution in [-0.2, 0) is 4.74 Å². The minimum atomic E-state index is -0.549. The standard InChI is InChI=1S/C22H26O5/c1-3-5-8-15(4-2)14-27-22(26)18-10-7-6-9-17(18)21(25)19-12-11-16(23)13-20(19)24/h6-7,9-13,15,23-24H,3-5,8,14H2,1-2H3. The Balaban J connectivity index is 2.19. The molecule has 2 N–H and O–H groups in total. The Morgan fingerprint density at radius 3 is 2.33 bits per heavy atom. The molecule has 0 heterocycles. The van der Waals surface area contributed by atoms with E-state index in [9.17, 15) is 19.8 Å². The van der Waals surface area contributed by atoms with Crippen molar-refractivity contribution in [2.75, 3.05) is 6.61 Å². The van der Waals surface area contributed by atoms with E-state index in [0.29, 0.717) is 12.5 Å². The minimum Gasteiger partial charge on any atom is -0.508 e. The Morgan fingerprint density at radius 1 is 1.00 bits per heavy atom. The van der Waals surface area contributed by atoms with Gasteiger partial charge in [-0.25, -0.2) is 4.79 Å². The molecule has 5 heteroatoms. The molecule has 0 radical (unpaired) electrons. The molecule has 0 spiro atoms. The number of carbonyl (C=O) groups excluding carboxylic acids is 2. The highest BCUT2D eigenvalue weighted by atomic mass is 16.5. The second-order valence-corrected chi connectivity index (χ2v) is 6.59. The van der Waals surface area contributed by atoms with Crippen molar-refractivity contribution in [2.45, 2.75) is 39.5 Å². The van der Waals surface area contributed by atoms with Crippen LogP contribution in [-0.4, -0.2) is 28.6 Å². The van der Waals surface area contributed by atoms with E-state index in [2.05, 4.69) is 13.8 Å². The van der Waals surface area contributed by atoms with Crippen LogP contribution in [0.15, 0.2) is 42.5 Å². The average Bonchev–Trinajstić information content (AvgIpc) is 2.67. The summed E-state index contributed by atoms with van der Waals surface area (Å²) in [5, 5.41) is 19.3. The van der Waals surface area contributed by atoms with E-state index >= 15 is 0 Å². The molecular formula is C22H26O5. The molecule has 1 unspecified atom stereocenters. The third-order valence-corrected chi connectivity index (χ3v) is 4.61. The van der Waals surface area contributed by atoms with Crippen molar-refractivity contribution in [3.8, 4) is 11.5 Å². The number of aromatic hydroxyl groups is 2. The smallest absolute Gasteiger partial charge is 0.338 e. The zero-order chi connectivity index (χ0) is 19.8. The monoisotopic (exact) mass is 370 g/mol. The Kier molecular flexibility index (Phi) is 7.41. The van der Waals surface area contributed by atoms with Gasteiger partial charge in [-0.05, 0) is 30.5 Å². The first-order valence-corrected chi connectivity index (χ1v) is 9.30. The van der Waals surface area contributed by atoms with Gasteiger partial charge >= 0.3 is 5.97 Å². The first-order chi connectivity index (χ1) is 13.0. The molecule has 0 aliphatic rings. The highest BCUT2D eigenvalue weighted by Gasteiger charge is 2.22. The number of rotatable bonds is 9. The number of unbranched alkanes of at least 4 members (excludes halogenated alkanes) is 1. The maximum atomic E-state index is 12.8. The third-order valence-electron chi connectivity index (χ3n) is 4.61. The van der Waals surface area contributed by atoms with Gasteiger partial charge in [0, 0.05) is 11.6 Å². The van der Waals surface area contributed by atoms with Crippen molar-refractivity contribution in [2.24, 2.45) is 5.92 Å². The Bertz CT molecular complexity index is 797. The molecule has 2 aromatic rings. The molecule has 1 atom stereocenters. The van der Waals surface area contributed by atoms with Gasteiger partial charge in [0.05, 0.1) is 17.7 Å². The highest BCUT2D eigenvalue weighted by Crippen LogP contribution is 2.26. The molecule has 2 rings (SSSR count). The van der Waals surface area contributed by atoms with Crippen molar-refractivity contribution < 1.29 is 24.5 Å². The molecular weight excluding hydrogens is 344 g/mol. The van der Waals surface area contributed by atoms with E-state index in [4.69, 9.17) is 4.74 Å². The maximum absolute atomic E-state index is 12.8. The molecule has 0 bridgehead atoms. The van der Waals surface area contributed by atoms with Gasteiger partial charge in [0.15, 0.2) is 5.78 Å². The number of phenols is 2.